The van der Waals surface area contributed by atoms with E-state index in [0.717, 1.165) is 16.2 Å². The zero-order chi connectivity index (χ0) is 16.9. The van der Waals surface area contributed by atoms with Crippen LogP contribution in [0, 0.1) is 5.82 Å². The van der Waals surface area contributed by atoms with Crippen LogP contribution in [-0.2, 0) is 12.1 Å². The molecule has 0 saturated carbocycles. The van der Waals surface area contributed by atoms with Gasteiger partial charge in [0.25, 0.3) is 0 Å². The van der Waals surface area contributed by atoms with Gasteiger partial charge in [-0.15, -0.1) is 11.8 Å². The largest absolute Gasteiger partial charge is 0.496 e. The molecule has 5 heteroatoms. The van der Waals surface area contributed by atoms with E-state index in [1.54, 1.807) is 37.9 Å². The Morgan fingerprint density at radius 3 is 2.52 bits per heavy atom. The third-order valence-corrected chi connectivity index (χ3v) is 4.49. The van der Waals surface area contributed by atoms with Crippen molar-refractivity contribution in [3.63, 3.8) is 0 Å². The van der Waals surface area contributed by atoms with Crippen molar-refractivity contribution in [1.82, 2.24) is 5.32 Å². The topological polar surface area (TPSA) is 41.5 Å². The lowest BCUT2D eigenvalue weighted by molar-refractivity contribution is 0.0566. The van der Waals surface area contributed by atoms with Crippen LogP contribution in [0.2, 0.25) is 0 Å². The van der Waals surface area contributed by atoms with E-state index in [-0.39, 0.29) is 5.82 Å². The Morgan fingerprint density at radius 1 is 1.22 bits per heavy atom. The second kappa shape index (κ2) is 7.81. The third-order valence-electron chi connectivity index (χ3n) is 3.71. The van der Waals surface area contributed by atoms with Crippen molar-refractivity contribution in [2.75, 3.05) is 19.9 Å². The van der Waals surface area contributed by atoms with Crippen LogP contribution in [0.25, 0.3) is 0 Å². The summed E-state index contributed by atoms with van der Waals surface area (Å²) in [6, 6.07) is 12.0. The molecule has 1 unspecified atom stereocenters. The minimum Gasteiger partial charge on any atom is -0.496 e. The van der Waals surface area contributed by atoms with Crippen LogP contribution in [0.15, 0.2) is 47.4 Å². The Kier molecular flexibility index (Phi) is 6.04. The normalized spacial score (nSPS) is 13.6. The summed E-state index contributed by atoms with van der Waals surface area (Å²) in [7, 11) is 1.66. The number of aliphatic hydroxyl groups is 1. The van der Waals surface area contributed by atoms with E-state index >= 15 is 0 Å². The van der Waals surface area contributed by atoms with Gasteiger partial charge in [0.05, 0.1) is 12.7 Å². The number of nitrogens with one attached hydrogen (secondary N) is 1. The minimum atomic E-state index is -1.06. The van der Waals surface area contributed by atoms with Crippen molar-refractivity contribution >= 4 is 11.8 Å². The van der Waals surface area contributed by atoms with Gasteiger partial charge in [-0.05, 0) is 48.6 Å². The lowest BCUT2D eigenvalue weighted by atomic mass is 9.96. The smallest absolute Gasteiger partial charge is 0.132 e. The van der Waals surface area contributed by atoms with E-state index in [4.69, 9.17) is 4.74 Å². The molecule has 0 aliphatic rings. The fourth-order valence-corrected chi connectivity index (χ4v) is 2.90. The number of benzene rings is 2. The maximum Gasteiger partial charge on any atom is 0.132 e. The van der Waals surface area contributed by atoms with Gasteiger partial charge in [-0.1, -0.05) is 18.2 Å². The van der Waals surface area contributed by atoms with Crippen molar-refractivity contribution in [2.24, 2.45) is 0 Å². The molecule has 0 aliphatic heterocycles. The maximum absolute atomic E-state index is 13.0. The highest BCUT2D eigenvalue weighted by Gasteiger charge is 2.22. The number of hydrogen-bond acceptors (Lipinski definition) is 4. The first-order chi connectivity index (χ1) is 11.0. The van der Waals surface area contributed by atoms with Crippen molar-refractivity contribution in [1.29, 1.82) is 0 Å². The molecule has 0 fully saturated rings. The second-order valence-electron chi connectivity index (χ2n) is 5.57. The van der Waals surface area contributed by atoms with E-state index in [9.17, 15) is 9.50 Å². The van der Waals surface area contributed by atoms with Gasteiger partial charge in [-0.3, -0.25) is 0 Å². The highest BCUT2D eigenvalue weighted by Crippen LogP contribution is 2.28. The Balaban J connectivity index is 1.97. The molecule has 2 N–H and O–H groups in total. The van der Waals surface area contributed by atoms with E-state index in [1.807, 2.05) is 24.5 Å². The zero-order valence-corrected chi connectivity index (χ0v) is 14.4. The third kappa shape index (κ3) is 4.70. The number of thioether (sulfide) groups is 1. The van der Waals surface area contributed by atoms with Crippen molar-refractivity contribution in [3.05, 3.63) is 59.4 Å². The number of halogens is 1. The highest BCUT2D eigenvalue weighted by atomic mass is 32.2. The molecule has 3 nitrogen and oxygen atoms in total. The molecule has 2 aromatic carbocycles. The van der Waals surface area contributed by atoms with Crippen LogP contribution >= 0.6 is 11.8 Å². The molecule has 0 aromatic heterocycles. The predicted octanol–water partition coefficient (Wildman–Crippen LogP) is 3.55. The van der Waals surface area contributed by atoms with Crippen LogP contribution in [0.3, 0.4) is 0 Å². The van der Waals surface area contributed by atoms with E-state index in [0.29, 0.717) is 18.7 Å². The Labute approximate surface area is 140 Å². The van der Waals surface area contributed by atoms with Gasteiger partial charge < -0.3 is 15.2 Å². The fraction of sp³-hybridized carbons (Fsp3) is 0.333. The second-order valence-corrected chi connectivity index (χ2v) is 6.42. The average Bonchev–Trinajstić information content (AvgIpc) is 2.55. The molecule has 0 saturated heterocycles. The molecule has 0 aliphatic carbocycles. The molecule has 0 spiro atoms. The molecule has 0 radical (unpaired) electrons. The van der Waals surface area contributed by atoms with Crippen LogP contribution in [-0.4, -0.2) is 25.0 Å². The standard InChI is InChI=1S/C18H22FNO2S/c1-18(21,14-5-7-15(19)8-6-14)12-20-11-13-4-9-17(23-3)16(10-13)22-2/h4-10,20-21H,11-12H2,1-3H3. The van der Waals surface area contributed by atoms with Gasteiger partial charge in [-0.25, -0.2) is 4.39 Å². The molecule has 0 heterocycles. The SMILES string of the molecule is COc1cc(CNCC(C)(O)c2ccc(F)cc2)ccc1SC. The molecule has 23 heavy (non-hydrogen) atoms. The van der Waals surface area contributed by atoms with Gasteiger partial charge >= 0.3 is 0 Å². The number of rotatable bonds is 7. The summed E-state index contributed by atoms with van der Waals surface area (Å²) in [4.78, 5) is 1.09. The first kappa shape index (κ1) is 17.8. The summed E-state index contributed by atoms with van der Waals surface area (Å²) in [5.74, 6) is 0.542. The fourth-order valence-electron chi connectivity index (χ4n) is 2.35. The van der Waals surface area contributed by atoms with Crippen molar-refractivity contribution < 1.29 is 14.2 Å². The van der Waals surface area contributed by atoms with Crippen LogP contribution in [0.1, 0.15) is 18.1 Å². The van der Waals surface area contributed by atoms with Crippen LogP contribution in [0.5, 0.6) is 5.75 Å². The van der Waals surface area contributed by atoms with Gasteiger partial charge in [-0.2, -0.15) is 0 Å². The Morgan fingerprint density at radius 2 is 1.91 bits per heavy atom. The van der Waals surface area contributed by atoms with Crippen LogP contribution < -0.4 is 10.1 Å². The molecule has 2 rings (SSSR count). The molecular weight excluding hydrogens is 313 g/mol. The Hall–Kier alpha value is -1.56. The first-order valence-electron chi connectivity index (χ1n) is 7.36. The summed E-state index contributed by atoms with van der Waals surface area (Å²) < 4.78 is 18.3. The van der Waals surface area contributed by atoms with Crippen molar-refractivity contribution in [3.8, 4) is 5.75 Å². The number of ether oxygens (including phenoxy) is 1. The lowest BCUT2D eigenvalue weighted by Crippen LogP contribution is -2.35. The molecule has 2 aromatic rings. The predicted molar refractivity (Wildman–Crippen MR) is 92.5 cm³/mol. The molecular formula is C18H22FNO2S. The summed E-state index contributed by atoms with van der Waals surface area (Å²) in [5, 5.41) is 13.8. The van der Waals surface area contributed by atoms with Gasteiger partial charge in [0.2, 0.25) is 0 Å². The minimum absolute atomic E-state index is 0.307. The summed E-state index contributed by atoms with van der Waals surface area (Å²) >= 11 is 1.64. The number of methoxy groups -OCH3 is 1. The monoisotopic (exact) mass is 335 g/mol. The molecule has 0 bridgehead atoms. The summed E-state index contributed by atoms with van der Waals surface area (Å²) in [6.45, 7) is 2.69. The van der Waals surface area contributed by atoms with Crippen molar-refractivity contribution in [2.45, 2.75) is 24.0 Å². The summed E-state index contributed by atoms with van der Waals surface area (Å²) in [5.41, 5.74) is 0.702. The van der Waals surface area contributed by atoms with E-state index in [1.165, 1.54) is 12.1 Å². The quantitative estimate of drug-likeness (QED) is 0.759. The van der Waals surface area contributed by atoms with E-state index < -0.39 is 5.60 Å². The van der Waals surface area contributed by atoms with E-state index in [2.05, 4.69) is 5.32 Å². The zero-order valence-electron chi connectivity index (χ0n) is 13.6. The van der Waals surface area contributed by atoms with Gasteiger partial charge in [0, 0.05) is 18.0 Å². The number of hydrogen-bond donors (Lipinski definition) is 2. The molecule has 1 atom stereocenters. The molecule has 124 valence electrons. The summed E-state index contributed by atoms with van der Waals surface area (Å²) in [6.07, 6.45) is 2.01. The first-order valence-corrected chi connectivity index (χ1v) is 8.59. The average molecular weight is 335 g/mol. The Bertz CT molecular complexity index is 644. The van der Waals surface area contributed by atoms with Gasteiger partial charge in [0.1, 0.15) is 11.6 Å². The van der Waals surface area contributed by atoms with Crippen LogP contribution in [0.4, 0.5) is 4.39 Å². The lowest BCUT2D eigenvalue weighted by Gasteiger charge is -2.24. The molecule has 0 amide bonds. The highest BCUT2D eigenvalue weighted by molar-refractivity contribution is 7.98. The maximum atomic E-state index is 13.0. The van der Waals surface area contributed by atoms with Gasteiger partial charge in [0.15, 0.2) is 0 Å².